The van der Waals surface area contributed by atoms with Gasteiger partial charge in [0, 0.05) is 120 Å². The molecule has 4 aliphatic heterocycles. The van der Waals surface area contributed by atoms with Crippen LogP contribution >= 0.6 is 47.2 Å². The number of amides is 4. The van der Waals surface area contributed by atoms with Crippen LogP contribution < -0.4 is 16.0 Å². The third kappa shape index (κ3) is 24.4. The van der Waals surface area contributed by atoms with Crippen LogP contribution in [-0.2, 0) is 54.1 Å². The zero-order chi connectivity index (χ0) is 64.6. The number of likely N-dealkylation sites (N-methyl/N-ethyl adjacent to an activating group) is 4. The quantitative estimate of drug-likeness (QED) is 0.0395. The lowest BCUT2D eigenvalue weighted by Crippen LogP contribution is -2.62. The molecule has 0 radical (unpaired) electrons. The van der Waals surface area contributed by atoms with E-state index in [9.17, 15) is 33.6 Å². The molecule has 4 aliphatic rings. The monoisotopic (exact) mass is 1320 g/mol. The van der Waals surface area contributed by atoms with Gasteiger partial charge >= 0.3 is 0 Å². The summed E-state index contributed by atoms with van der Waals surface area (Å²) in [6.07, 6.45) is 7.17. The minimum atomic E-state index is -1.77. The molecule has 4 saturated heterocycles. The summed E-state index contributed by atoms with van der Waals surface area (Å²) >= 11 is 14.4. The van der Waals surface area contributed by atoms with Gasteiger partial charge in [0.2, 0.25) is 0 Å². The molecule has 4 aromatic rings. The second-order valence-electron chi connectivity index (χ2n) is 21.4. The standard InChI is InChI=1S/C33H41N3O6.C28H30N2O6.C5H11NO.CHCl3.ClH/c1-33(32(39)34-2,29(37)24-42-30-7-4-5-21-41-30)35(3)31(38)28-16-14-26(15-17-28)9-8-25-10-12-27(13-11-25)23-36-18-6-20-40-22-19-36;1-28(27(34)29-2,24(32)19-36-25-6-4-5-17-35-25)30(3)26(33)23-15-13-21(14-16-23)8-7-20-9-11-22(18-31)12-10-20;1-2-6-3-5-7-4-1;2-1(3)4;/h10-17,30H,4-7,18-24H2,1-3H3,(H,34,39);9-16,18,25H,4-6,17,19H2,1-3H3,(H,29,34);6H,1-5H2;1H;1H/t30?,33-;25?,28-;;;/m11.../s1. The highest BCUT2D eigenvalue weighted by Crippen LogP contribution is 2.24. The Bertz CT molecular complexity index is 3000. The van der Waals surface area contributed by atoms with Crippen molar-refractivity contribution in [2.75, 3.05) is 107 Å². The summed E-state index contributed by atoms with van der Waals surface area (Å²) in [5, 5.41) is 8.22. The molecular weight excluding hydrogens is 1240 g/mol. The fourth-order valence-electron chi connectivity index (χ4n) is 9.42. The first kappa shape index (κ1) is 76.2. The molecule has 3 N–H and O–H groups in total. The van der Waals surface area contributed by atoms with E-state index in [2.05, 4.69) is 56.7 Å². The van der Waals surface area contributed by atoms with Gasteiger partial charge in [0.25, 0.3) is 23.6 Å². The van der Waals surface area contributed by atoms with Gasteiger partial charge in [-0.3, -0.25) is 38.5 Å². The number of hydrogen-bond acceptors (Lipinski definition) is 15. The molecule has 0 saturated carbocycles. The van der Waals surface area contributed by atoms with Gasteiger partial charge in [0.05, 0.1) is 13.2 Å². The highest BCUT2D eigenvalue weighted by atomic mass is 35.6. The second-order valence-corrected chi connectivity index (χ2v) is 23.4. The molecule has 4 amide bonds. The lowest BCUT2D eigenvalue weighted by Gasteiger charge is -2.36. The SMILES string of the molecule is C1CNCCOC1.CNC(=O)[C@@](C)(C(=O)COC1CCCCO1)N(C)C(=O)c1ccc(C#Cc2ccc(C=O)cc2)cc1.CNC(=O)[C@@](C)(C(=O)COC1CCCCO1)N(C)C(=O)c1ccc(C#Cc2ccc(CN3CCCOCC3)cc2)cc1.Cl.ClC(Cl)Cl. The number of halogens is 4. The maximum absolute atomic E-state index is 13.4. The molecule has 23 heteroatoms. The van der Waals surface area contributed by atoms with Gasteiger partial charge in [-0.25, -0.2) is 0 Å². The molecule has 4 fully saturated rings. The number of hydrogen-bond donors (Lipinski definition) is 3. The Hall–Kier alpha value is -6.27. The average molecular weight is 1320 g/mol. The van der Waals surface area contributed by atoms with Crippen LogP contribution in [-0.4, -0.2) is 191 Å². The molecule has 8 rings (SSSR count). The Morgan fingerprint density at radius 3 is 1.41 bits per heavy atom. The normalized spacial score (nSPS) is 17.8. The lowest BCUT2D eigenvalue weighted by atomic mass is 9.92. The van der Waals surface area contributed by atoms with Gasteiger partial charge in [-0.2, -0.15) is 0 Å². The number of nitrogens with zero attached hydrogens (tertiary/aromatic N) is 3. The van der Waals surface area contributed by atoms with E-state index in [1.165, 1.54) is 58.9 Å². The molecule has 0 spiro atoms. The maximum atomic E-state index is 13.4. The van der Waals surface area contributed by atoms with Crippen molar-refractivity contribution in [2.45, 2.75) is 99.7 Å². The summed E-state index contributed by atoms with van der Waals surface area (Å²) < 4.78 is 32.2. The molecule has 19 nitrogen and oxygen atoms in total. The average Bonchev–Trinajstić information content (AvgIpc) is 0.902. The summed E-state index contributed by atoms with van der Waals surface area (Å²) in [5.41, 5.74) is 2.00. The van der Waals surface area contributed by atoms with Crippen molar-refractivity contribution >= 4 is 88.7 Å². The first-order chi connectivity index (χ1) is 42.8. The Kier molecular flexibility index (Phi) is 34.3. The van der Waals surface area contributed by atoms with Crippen LogP contribution in [0.15, 0.2) is 97.1 Å². The molecule has 488 valence electrons. The van der Waals surface area contributed by atoms with E-state index >= 15 is 0 Å². The largest absolute Gasteiger partial charge is 0.380 e. The van der Waals surface area contributed by atoms with Crippen molar-refractivity contribution in [2.24, 2.45) is 0 Å². The Balaban J connectivity index is 0.000000327. The van der Waals surface area contributed by atoms with Gasteiger partial charge in [-0.1, -0.05) is 82.8 Å². The minimum Gasteiger partial charge on any atom is -0.380 e. The number of carbonyl (C=O) groups excluding carboxylic acids is 7. The number of carbonyl (C=O) groups is 7. The molecular formula is C67H84Cl4N6O13. The summed E-state index contributed by atoms with van der Waals surface area (Å²) in [5.74, 6) is 9.09. The first-order valence-corrected chi connectivity index (χ1v) is 31.1. The summed E-state index contributed by atoms with van der Waals surface area (Å²) in [7, 11) is 5.72. The number of benzene rings is 4. The van der Waals surface area contributed by atoms with Crippen LogP contribution in [0.2, 0.25) is 0 Å². The topological polar surface area (TPSA) is 221 Å². The van der Waals surface area contributed by atoms with Crippen LogP contribution in [0, 0.1) is 23.7 Å². The number of ether oxygens (including phenoxy) is 6. The maximum Gasteiger partial charge on any atom is 0.254 e. The highest BCUT2D eigenvalue weighted by Gasteiger charge is 2.48. The fraction of sp³-hybridized carbons (Fsp3) is 0.478. The molecule has 4 heterocycles. The van der Waals surface area contributed by atoms with Crippen LogP contribution in [0.25, 0.3) is 0 Å². The van der Waals surface area contributed by atoms with Crippen LogP contribution in [0.1, 0.15) is 124 Å². The third-order valence-corrected chi connectivity index (χ3v) is 15.2. The Morgan fingerprint density at radius 2 is 1.00 bits per heavy atom. The van der Waals surface area contributed by atoms with E-state index in [1.807, 2.05) is 12.1 Å². The summed E-state index contributed by atoms with van der Waals surface area (Å²) in [4.78, 5) is 94.1. The predicted molar refractivity (Wildman–Crippen MR) is 349 cm³/mol. The van der Waals surface area contributed by atoms with Crippen molar-refractivity contribution < 1.29 is 62.0 Å². The number of ketones is 2. The number of rotatable bonds is 17. The number of alkyl halides is 3. The molecule has 4 aromatic carbocycles. The van der Waals surface area contributed by atoms with Gasteiger partial charge in [0.15, 0.2) is 39.5 Å². The zero-order valence-corrected chi connectivity index (χ0v) is 55.2. The minimum absolute atomic E-state index is 0. The van der Waals surface area contributed by atoms with E-state index in [1.54, 1.807) is 72.8 Å². The van der Waals surface area contributed by atoms with E-state index in [0.29, 0.717) is 48.3 Å². The Morgan fingerprint density at radius 1 is 0.589 bits per heavy atom. The molecule has 0 aromatic heterocycles. The fourth-order valence-corrected chi connectivity index (χ4v) is 9.42. The van der Waals surface area contributed by atoms with E-state index in [4.69, 9.17) is 63.2 Å². The van der Waals surface area contributed by atoms with Gasteiger partial charge in [0.1, 0.15) is 19.5 Å². The molecule has 0 bridgehead atoms. The van der Waals surface area contributed by atoms with Gasteiger partial charge in [-0.05, 0) is 150 Å². The zero-order valence-electron chi connectivity index (χ0n) is 52.1. The number of Topliss-reactive ketones (excluding diaryl/α,β-unsaturated/α-hetero) is 2. The molecule has 0 aliphatic carbocycles. The lowest BCUT2D eigenvalue weighted by molar-refractivity contribution is -0.174. The van der Waals surface area contributed by atoms with E-state index < -0.39 is 63.1 Å². The van der Waals surface area contributed by atoms with Crippen molar-refractivity contribution in [3.63, 3.8) is 0 Å². The Labute approximate surface area is 550 Å². The first-order valence-electron chi connectivity index (χ1n) is 29.8. The third-order valence-electron chi connectivity index (χ3n) is 15.2. The van der Waals surface area contributed by atoms with Crippen molar-refractivity contribution in [3.8, 4) is 23.7 Å². The van der Waals surface area contributed by atoms with Crippen LogP contribution in [0.3, 0.4) is 0 Å². The van der Waals surface area contributed by atoms with Gasteiger partial charge < -0.3 is 54.2 Å². The van der Waals surface area contributed by atoms with Crippen molar-refractivity contribution in [3.05, 3.63) is 142 Å². The summed E-state index contributed by atoms with van der Waals surface area (Å²) in [6, 6.07) is 28.5. The van der Waals surface area contributed by atoms with E-state index in [0.717, 1.165) is 119 Å². The van der Waals surface area contributed by atoms with Crippen molar-refractivity contribution in [1.29, 1.82) is 0 Å². The van der Waals surface area contributed by atoms with Crippen molar-refractivity contribution in [1.82, 2.24) is 30.7 Å². The number of nitrogens with one attached hydrogen (secondary N) is 3. The molecule has 2 unspecified atom stereocenters. The van der Waals surface area contributed by atoms with Gasteiger partial charge in [-0.15, -0.1) is 12.4 Å². The van der Waals surface area contributed by atoms with Crippen LogP contribution in [0.4, 0.5) is 0 Å². The highest BCUT2D eigenvalue weighted by molar-refractivity contribution is 6.63. The summed E-state index contributed by atoms with van der Waals surface area (Å²) in [6.45, 7) is 11.8. The second kappa shape index (κ2) is 40.6. The molecule has 4 atom stereocenters. The smallest absolute Gasteiger partial charge is 0.254 e. The number of aldehydes is 1. The predicted octanol–water partition coefficient (Wildman–Crippen LogP) is 7.99. The van der Waals surface area contributed by atoms with E-state index in [-0.39, 0.29) is 25.6 Å². The van der Waals surface area contributed by atoms with Crippen LogP contribution in [0.5, 0.6) is 0 Å². The molecule has 90 heavy (non-hydrogen) atoms.